The molecular formula is C19H19Cl2NO5S. The van der Waals surface area contributed by atoms with Gasteiger partial charge in [-0.1, -0.05) is 35.3 Å². The van der Waals surface area contributed by atoms with E-state index in [0.717, 1.165) is 4.31 Å². The van der Waals surface area contributed by atoms with Gasteiger partial charge in [-0.05, 0) is 37.3 Å². The predicted octanol–water partition coefficient (Wildman–Crippen LogP) is 4.56. The molecule has 0 aliphatic heterocycles. The van der Waals surface area contributed by atoms with E-state index in [4.69, 9.17) is 32.7 Å². The highest BCUT2D eigenvalue weighted by Crippen LogP contribution is 2.38. The Labute approximate surface area is 174 Å². The van der Waals surface area contributed by atoms with Crippen molar-refractivity contribution >= 4 is 44.9 Å². The maximum absolute atomic E-state index is 13.3. The fourth-order valence-corrected chi connectivity index (χ4v) is 4.70. The average Bonchev–Trinajstić information content (AvgIpc) is 2.68. The van der Waals surface area contributed by atoms with Crippen molar-refractivity contribution < 1.29 is 22.7 Å². The molecule has 0 N–H and O–H groups in total. The Bertz CT molecular complexity index is 992. The zero-order valence-corrected chi connectivity index (χ0v) is 17.6. The molecule has 0 unspecified atom stereocenters. The number of carbonyl (C=O) groups is 1. The molecule has 0 saturated heterocycles. The van der Waals surface area contributed by atoms with Gasteiger partial charge in [-0.15, -0.1) is 6.58 Å². The molecule has 0 aliphatic carbocycles. The van der Waals surface area contributed by atoms with Crippen LogP contribution in [0.4, 0.5) is 5.69 Å². The number of anilines is 1. The number of hydrogen-bond donors (Lipinski definition) is 0. The Hall–Kier alpha value is -2.22. The Morgan fingerprint density at radius 2 is 1.93 bits per heavy atom. The van der Waals surface area contributed by atoms with Crippen molar-refractivity contribution in [3.63, 3.8) is 0 Å². The highest BCUT2D eigenvalue weighted by molar-refractivity contribution is 7.93. The van der Waals surface area contributed by atoms with Gasteiger partial charge in [0.15, 0.2) is 0 Å². The van der Waals surface area contributed by atoms with E-state index in [1.807, 2.05) is 0 Å². The number of benzene rings is 2. The number of carbonyl (C=O) groups excluding carboxylic acids is 1. The van der Waals surface area contributed by atoms with Gasteiger partial charge in [0.2, 0.25) is 0 Å². The number of ether oxygens (including phenoxy) is 2. The number of esters is 1. The van der Waals surface area contributed by atoms with Crippen LogP contribution in [-0.2, 0) is 14.8 Å². The molecule has 0 atom stereocenters. The minimum atomic E-state index is -4.11. The van der Waals surface area contributed by atoms with E-state index in [0.29, 0.717) is 0 Å². The number of nitrogens with zero attached hydrogens (tertiary/aromatic N) is 1. The SMILES string of the molecule is C=CCN(c1cccc(C(=O)OCC)c1)S(=O)(=O)c1ccc(OC)c(Cl)c1Cl. The summed E-state index contributed by atoms with van der Waals surface area (Å²) in [6.45, 7) is 5.46. The molecule has 0 amide bonds. The maximum atomic E-state index is 13.3. The minimum absolute atomic E-state index is 0.0101. The Morgan fingerprint density at radius 3 is 2.54 bits per heavy atom. The van der Waals surface area contributed by atoms with Crippen molar-refractivity contribution in [1.82, 2.24) is 0 Å². The van der Waals surface area contributed by atoms with Crippen molar-refractivity contribution in [2.45, 2.75) is 11.8 Å². The smallest absolute Gasteiger partial charge is 0.338 e. The number of hydrogen-bond acceptors (Lipinski definition) is 5. The predicted molar refractivity (Wildman–Crippen MR) is 110 cm³/mol. The van der Waals surface area contributed by atoms with Gasteiger partial charge in [-0.25, -0.2) is 13.2 Å². The van der Waals surface area contributed by atoms with Crippen LogP contribution in [0.1, 0.15) is 17.3 Å². The lowest BCUT2D eigenvalue weighted by Crippen LogP contribution is -2.31. The van der Waals surface area contributed by atoms with Crippen LogP contribution in [0.2, 0.25) is 10.0 Å². The molecule has 0 spiro atoms. The molecule has 0 fully saturated rings. The zero-order valence-electron chi connectivity index (χ0n) is 15.3. The molecule has 2 rings (SSSR count). The number of methoxy groups -OCH3 is 1. The van der Waals surface area contributed by atoms with Gasteiger partial charge in [-0.3, -0.25) is 4.31 Å². The molecule has 0 saturated carbocycles. The van der Waals surface area contributed by atoms with Crippen molar-refractivity contribution in [3.8, 4) is 5.75 Å². The Balaban J connectivity index is 2.57. The molecular weight excluding hydrogens is 425 g/mol. The second-order valence-corrected chi connectivity index (χ2v) is 8.08. The van der Waals surface area contributed by atoms with Crippen LogP contribution in [-0.4, -0.2) is 34.6 Å². The van der Waals surface area contributed by atoms with E-state index in [9.17, 15) is 13.2 Å². The summed E-state index contributed by atoms with van der Waals surface area (Å²) in [5.74, 6) is -0.295. The standard InChI is InChI=1S/C19H19Cl2NO5S/c1-4-11-22(14-8-6-7-13(12-14)19(23)27-5-2)28(24,25)16-10-9-15(26-3)17(20)18(16)21/h4,6-10,12H,1,5,11H2,2-3H3. The van der Waals surface area contributed by atoms with E-state index < -0.39 is 16.0 Å². The van der Waals surface area contributed by atoms with Crippen LogP contribution >= 0.6 is 23.2 Å². The summed E-state index contributed by atoms with van der Waals surface area (Å²) >= 11 is 12.3. The summed E-state index contributed by atoms with van der Waals surface area (Å²) < 4.78 is 37.7. The van der Waals surface area contributed by atoms with E-state index in [1.165, 1.54) is 37.5 Å². The third-order valence-electron chi connectivity index (χ3n) is 3.74. The van der Waals surface area contributed by atoms with Crippen molar-refractivity contribution in [2.24, 2.45) is 0 Å². The van der Waals surface area contributed by atoms with Crippen molar-refractivity contribution in [3.05, 3.63) is 64.7 Å². The highest BCUT2D eigenvalue weighted by atomic mass is 35.5. The van der Waals surface area contributed by atoms with Crippen LogP contribution < -0.4 is 9.04 Å². The van der Waals surface area contributed by atoms with Crippen LogP contribution in [0.3, 0.4) is 0 Å². The Morgan fingerprint density at radius 1 is 1.21 bits per heavy atom. The largest absolute Gasteiger partial charge is 0.495 e. The third kappa shape index (κ3) is 4.43. The number of rotatable bonds is 8. The van der Waals surface area contributed by atoms with Crippen LogP contribution in [0, 0.1) is 0 Å². The van der Waals surface area contributed by atoms with Gasteiger partial charge in [0.25, 0.3) is 10.0 Å². The summed E-state index contributed by atoms with van der Waals surface area (Å²) in [7, 11) is -2.71. The fourth-order valence-electron chi connectivity index (χ4n) is 2.45. The molecule has 2 aromatic carbocycles. The normalized spacial score (nSPS) is 11.0. The van der Waals surface area contributed by atoms with E-state index in [1.54, 1.807) is 19.1 Å². The van der Waals surface area contributed by atoms with E-state index in [-0.39, 0.29) is 45.1 Å². The molecule has 150 valence electrons. The number of sulfonamides is 1. The first-order valence-electron chi connectivity index (χ1n) is 8.20. The molecule has 28 heavy (non-hydrogen) atoms. The van der Waals surface area contributed by atoms with Gasteiger partial charge in [0, 0.05) is 0 Å². The Kier molecular flexibility index (Phi) is 7.35. The van der Waals surface area contributed by atoms with Gasteiger partial charge in [0.05, 0.1) is 36.5 Å². The lowest BCUT2D eigenvalue weighted by atomic mass is 10.2. The topological polar surface area (TPSA) is 72.9 Å². The van der Waals surface area contributed by atoms with Gasteiger partial charge < -0.3 is 9.47 Å². The summed E-state index contributed by atoms with van der Waals surface area (Å²) in [6, 6.07) is 8.82. The average molecular weight is 444 g/mol. The zero-order chi connectivity index (χ0) is 20.9. The second kappa shape index (κ2) is 9.32. The minimum Gasteiger partial charge on any atom is -0.495 e. The van der Waals surface area contributed by atoms with E-state index >= 15 is 0 Å². The molecule has 0 aliphatic rings. The molecule has 0 radical (unpaired) electrons. The highest BCUT2D eigenvalue weighted by Gasteiger charge is 2.29. The van der Waals surface area contributed by atoms with Gasteiger partial charge in [-0.2, -0.15) is 0 Å². The molecule has 9 heteroatoms. The molecule has 0 heterocycles. The van der Waals surface area contributed by atoms with Crippen molar-refractivity contribution in [1.29, 1.82) is 0 Å². The summed E-state index contributed by atoms with van der Waals surface area (Å²) in [6.07, 6.45) is 1.42. The van der Waals surface area contributed by atoms with Gasteiger partial charge >= 0.3 is 5.97 Å². The summed E-state index contributed by atoms with van der Waals surface area (Å²) in [5, 5.41) is -0.166. The van der Waals surface area contributed by atoms with Crippen LogP contribution in [0.15, 0.2) is 53.9 Å². The van der Waals surface area contributed by atoms with Gasteiger partial charge in [0.1, 0.15) is 15.7 Å². The summed E-state index contributed by atoms with van der Waals surface area (Å²) in [5.41, 5.74) is 0.482. The van der Waals surface area contributed by atoms with Crippen LogP contribution in [0.5, 0.6) is 5.75 Å². The van der Waals surface area contributed by atoms with Crippen LogP contribution in [0.25, 0.3) is 0 Å². The fraction of sp³-hybridized carbons (Fsp3) is 0.211. The first-order valence-corrected chi connectivity index (χ1v) is 10.4. The molecule has 0 aromatic heterocycles. The molecule has 6 nitrogen and oxygen atoms in total. The first-order chi connectivity index (χ1) is 13.3. The lowest BCUT2D eigenvalue weighted by Gasteiger charge is -2.24. The number of halogens is 2. The van der Waals surface area contributed by atoms with Crippen molar-refractivity contribution in [2.75, 3.05) is 24.6 Å². The third-order valence-corrected chi connectivity index (χ3v) is 6.55. The summed E-state index contributed by atoms with van der Waals surface area (Å²) in [4.78, 5) is 11.8. The molecule has 2 aromatic rings. The molecule has 0 bridgehead atoms. The van der Waals surface area contributed by atoms with E-state index in [2.05, 4.69) is 6.58 Å². The quantitative estimate of drug-likeness (QED) is 0.441. The first kappa shape index (κ1) is 22.1. The maximum Gasteiger partial charge on any atom is 0.338 e. The lowest BCUT2D eigenvalue weighted by molar-refractivity contribution is 0.0526. The second-order valence-electron chi connectivity index (χ2n) is 5.49. The monoisotopic (exact) mass is 443 g/mol.